The number of ether oxygens (including phenoxy) is 2. The number of aliphatic hydroxyl groups excluding tert-OH is 1. The minimum Gasteiger partial charge on any atom is -0.388 e. The molecule has 0 aliphatic rings. The van der Waals surface area contributed by atoms with Gasteiger partial charge in [0.15, 0.2) is 0 Å². The molecule has 11 heavy (non-hydrogen) atoms. The molecule has 4 heteroatoms. The Morgan fingerprint density at radius 2 is 2.00 bits per heavy atom. The molecule has 0 aromatic rings. The van der Waals surface area contributed by atoms with E-state index >= 15 is 0 Å². The van der Waals surface area contributed by atoms with Crippen LogP contribution in [0, 0.1) is 0 Å². The van der Waals surface area contributed by atoms with Crippen LogP contribution in [0.4, 0.5) is 0 Å². The molecule has 0 aliphatic heterocycles. The topological polar surface area (TPSA) is 38.7 Å². The van der Waals surface area contributed by atoms with Crippen molar-refractivity contribution < 1.29 is 14.6 Å². The molecule has 0 aromatic heterocycles. The Bertz CT molecular complexity index is 80.1. The van der Waals surface area contributed by atoms with Crippen molar-refractivity contribution in [3.63, 3.8) is 0 Å². The van der Waals surface area contributed by atoms with Crippen molar-refractivity contribution in [1.29, 1.82) is 0 Å². The lowest BCUT2D eigenvalue weighted by atomic mass is 10.4. The van der Waals surface area contributed by atoms with Crippen LogP contribution in [0.1, 0.15) is 6.92 Å². The van der Waals surface area contributed by atoms with E-state index in [4.69, 9.17) is 26.2 Å². The quantitative estimate of drug-likeness (QED) is 0.464. The van der Waals surface area contributed by atoms with Crippen LogP contribution in [0.25, 0.3) is 0 Å². The van der Waals surface area contributed by atoms with Gasteiger partial charge in [0.2, 0.25) is 0 Å². The standard InChI is InChI=1S/C7H15ClO3/c1-2-10-5-7(9)6-11-4-3-8/h7,9H,2-6H2,1H3. The lowest BCUT2D eigenvalue weighted by Gasteiger charge is -2.09. The molecule has 0 aromatic carbocycles. The second kappa shape index (κ2) is 8.27. The average molecular weight is 183 g/mol. The van der Waals surface area contributed by atoms with Crippen LogP contribution in [0.15, 0.2) is 0 Å². The maximum Gasteiger partial charge on any atom is 0.101 e. The Morgan fingerprint density at radius 3 is 2.55 bits per heavy atom. The lowest BCUT2D eigenvalue weighted by Crippen LogP contribution is -2.22. The summed E-state index contributed by atoms with van der Waals surface area (Å²) < 4.78 is 9.94. The van der Waals surface area contributed by atoms with Crippen molar-refractivity contribution in [2.24, 2.45) is 0 Å². The zero-order chi connectivity index (χ0) is 8.53. The van der Waals surface area contributed by atoms with E-state index in [2.05, 4.69) is 0 Å². The molecule has 0 heterocycles. The summed E-state index contributed by atoms with van der Waals surface area (Å²) in [5.41, 5.74) is 0. The molecule has 1 N–H and O–H groups in total. The van der Waals surface area contributed by atoms with Gasteiger partial charge in [-0.2, -0.15) is 0 Å². The van der Waals surface area contributed by atoms with Crippen LogP contribution in [-0.4, -0.2) is 43.5 Å². The lowest BCUT2D eigenvalue weighted by molar-refractivity contribution is -0.0127. The second-order valence-electron chi connectivity index (χ2n) is 2.08. The van der Waals surface area contributed by atoms with Crippen LogP contribution < -0.4 is 0 Å². The fraction of sp³-hybridized carbons (Fsp3) is 1.00. The molecule has 0 bridgehead atoms. The van der Waals surface area contributed by atoms with Gasteiger partial charge < -0.3 is 14.6 Å². The fourth-order valence-electron chi connectivity index (χ4n) is 0.576. The van der Waals surface area contributed by atoms with Gasteiger partial charge in [0.05, 0.1) is 19.8 Å². The molecule has 0 spiro atoms. The third kappa shape index (κ3) is 8.07. The Balaban J connectivity index is 3.02. The number of halogens is 1. The van der Waals surface area contributed by atoms with Crippen molar-refractivity contribution >= 4 is 11.6 Å². The molecular formula is C7H15ClO3. The smallest absolute Gasteiger partial charge is 0.101 e. The molecule has 3 nitrogen and oxygen atoms in total. The summed E-state index contributed by atoms with van der Waals surface area (Å²) in [4.78, 5) is 0. The summed E-state index contributed by atoms with van der Waals surface area (Å²) >= 11 is 5.35. The minimum absolute atomic E-state index is 0.298. The van der Waals surface area contributed by atoms with E-state index in [0.717, 1.165) is 0 Å². The van der Waals surface area contributed by atoms with E-state index in [-0.39, 0.29) is 0 Å². The maximum atomic E-state index is 9.11. The molecule has 0 rings (SSSR count). The van der Waals surface area contributed by atoms with Crippen LogP contribution in [0.5, 0.6) is 0 Å². The Hall–Kier alpha value is 0.170. The first-order chi connectivity index (χ1) is 5.31. The molecule has 0 saturated carbocycles. The van der Waals surface area contributed by atoms with Gasteiger partial charge in [-0.1, -0.05) is 0 Å². The SMILES string of the molecule is CCOCC(O)COCCCl. The zero-order valence-corrected chi connectivity index (χ0v) is 7.51. The molecule has 0 fully saturated rings. The Labute approximate surface area is 72.3 Å². The summed E-state index contributed by atoms with van der Waals surface area (Å²) in [6.07, 6.45) is -0.529. The van der Waals surface area contributed by atoms with Crippen LogP contribution in [0.3, 0.4) is 0 Å². The van der Waals surface area contributed by atoms with E-state index in [1.54, 1.807) is 0 Å². The first-order valence-electron chi connectivity index (χ1n) is 3.70. The van der Waals surface area contributed by atoms with E-state index in [1.807, 2.05) is 6.92 Å². The molecule has 1 atom stereocenters. The highest BCUT2D eigenvalue weighted by Gasteiger charge is 2.02. The summed E-state index contributed by atoms with van der Waals surface area (Å²) in [5.74, 6) is 0.460. The monoisotopic (exact) mass is 182 g/mol. The molecule has 1 unspecified atom stereocenters. The van der Waals surface area contributed by atoms with Crippen molar-refractivity contribution in [2.75, 3.05) is 32.3 Å². The zero-order valence-electron chi connectivity index (χ0n) is 6.75. The fourth-order valence-corrected chi connectivity index (χ4v) is 0.685. The maximum absolute atomic E-state index is 9.11. The highest BCUT2D eigenvalue weighted by molar-refractivity contribution is 6.17. The van der Waals surface area contributed by atoms with Crippen molar-refractivity contribution in [1.82, 2.24) is 0 Å². The molecule has 0 amide bonds. The third-order valence-electron chi connectivity index (χ3n) is 1.05. The molecule has 0 aliphatic carbocycles. The number of hydrogen-bond acceptors (Lipinski definition) is 3. The molecular weight excluding hydrogens is 168 g/mol. The Morgan fingerprint density at radius 1 is 1.36 bits per heavy atom. The molecule has 0 radical (unpaired) electrons. The van der Waals surface area contributed by atoms with Gasteiger partial charge in [0, 0.05) is 12.5 Å². The van der Waals surface area contributed by atoms with Crippen molar-refractivity contribution in [3.8, 4) is 0 Å². The largest absolute Gasteiger partial charge is 0.388 e. The highest BCUT2D eigenvalue weighted by atomic mass is 35.5. The minimum atomic E-state index is -0.529. The molecule has 0 saturated heterocycles. The van der Waals surface area contributed by atoms with Crippen LogP contribution >= 0.6 is 11.6 Å². The van der Waals surface area contributed by atoms with Gasteiger partial charge in [0.1, 0.15) is 6.10 Å². The summed E-state index contributed by atoms with van der Waals surface area (Å²) in [5, 5.41) is 9.11. The third-order valence-corrected chi connectivity index (χ3v) is 1.20. The highest BCUT2D eigenvalue weighted by Crippen LogP contribution is 1.88. The Kier molecular flexibility index (Phi) is 8.40. The van der Waals surface area contributed by atoms with E-state index < -0.39 is 6.10 Å². The van der Waals surface area contributed by atoms with Crippen molar-refractivity contribution in [3.05, 3.63) is 0 Å². The summed E-state index contributed by atoms with van der Waals surface area (Å²) in [6, 6.07) is 0. The van der Waals surface area contributed by atoms with Gasteiger partial charge in [-0.25, -0.2) is 0 Å². The second-order valence-corrected chi connectivity index (χ2v) is 2.46. The number of hydrogen-bond donors (Lipinski definition) is 1. The predicted molar refractivity (Wildman–Crippen MR) is 44.0 cm³/mol. The number of aliphatic hydroxyl groups is 1. The normalized spacial score (nSPS) is 13.4. The van der Waals surface area contributed by atoms with Crippen LogP contribution in [0.2, 0.25) is 0 Å². The van der Waals surface area contributed by atoms with E-state index in [1.165, 1.54) is 0 Å². The van der Waals surface area contributed by atoms with Gasteiger partial charge >= 0.3 is 0 Å². The number of rotatable bonds is 7. The van der Waals surface area contributed by atoms with E-state index in [9.17, 15) is 0 Å². The van der Waals surface area contributed by atoms with Gasteiger partial charge in [0.25, 0.3) is 0 Å². The predicted octanol–water partition coefficient (Wildman–Crippen LogP) is 0.639. The van der Waals surface area contributed by atoms with Crippen molar-refractivity contribution in [2.45, 2.75) is 13.0 Å². The van der Waals surface area contributed by atoms with Gasteiger partial charge in [-0.15, -0.1) is 11.6 Å². The van der Waals surface area contributed by atoms with E-state index in [0.29, 0.717) is 32.3 Å². The first-order valence-corrected chi connectivity index (χ1v) is 4.24. The summed E-state index contributed by atoms with van der Waals surface area (Å²) in [7, 11) is 0. The van der Waals surface area contributed by atoms with Crippen LogP contribution in [-0.2, 0) is 9.47 Å². The average Bonchev–Trinajstić information content (AvgIpc) is 2.01. The number of alkyl halides is 1. The first kappa shape index (κ1) is 11.2. The van der Waals surface area contributed by atoms with Gasteiger partial charge in [-0.3, -0.25) is 0 Å². The van der Waals surface area contributed by atoms with Gasteiger partial charge in [-0.05, 0) is 6.92 Å². The summed E-state index contributed by atoms with van der Waals surface area (Å²) in [6.45, 7) is 3.61. The molecule has 68 valence electrons.